The zero-order valence-electron chi connectivity index (χ0n) is 15.3. The van der Waals surface area contributed by atoms with E-state index < -0.39 is 0 Å². The maximum atomic E-state index is 5.24. The van der Waals surface area contributed by atoms with Crippen molar-refractivity contribution >= 4 is 0 Å². The molecule has 0 atom stereocenters. The summed E-state index contributed by atoms with van der Waals surface area (Å²) in [6, 6.07) is 0. The van der Waals surface area contributed by atoms with Crippen LogP contribution in [0.3, 0.4) is 0 Å². The van der Waals surface area contributed by atoms with Crippen LogP contribution in [0.2, 0.25) is 0 Å². The highest BCUT2D eigenvalue weighted by Gasteiger charge is 1.97. The van der Waals surface area contributed by atoms with Crippen molar-refractivity contribution in [3.05, 3.63) is 30.5 Å². The maximum Gasteiger partial charge on any atom is 0.193 e. The molecule has 0 aromatic carbocycles. The number of aromatic nitrogens is 1. The fourth-order valence-electron chi connectivity index (χ4n) is 2.90. The van der Waals surface area contributed by atoms with Gasteiger partial charge in [0.05, 0.1) is 6.20 Å². The van der Waals surface area contributed by atoms with E-state index in [2.05, 4.69) is 24.1 Å². The normalized spacial score (nSPS) is 11.5. The summed E-state index contributed by atoms with van der Waals surface area (Å²) < 4.78 is 5.24. The number of hydrogen-bond acceptors (Lipinski definition) is 2. The Morgan fingerprint density at radius 2 is 1.35 bits per heavy atom. The molecule has 0 amide bonds. The SMILES string of the molecule is CCCCCCCC/C=C\CCCCCCCCc1ncco1. The van der Waals surface area contributed by atoms with E-state index in [1.54, 1.807) is 12.5 Å². The van der Waals surface area contributed by atoms with Gasteiger partial charge in [-0.3, -0.25) is 0 Å². The second-order valence-electron chi connectivity index (χ2n) is 6.61. The van der Waals surface area contributed by atoms with Crippen molar-refractivity contribution in [1.29, 1.82) is 0 Å². The Kier molecular flexibility index (Phi) is 13.8. The third kappa shape index (κ3) is 13.1. The third-order valence-electron chi connectivity index (χ3n) is 4.39. The van der Waals surface area contributed by atoms with Gasteiger partial charge in [0.15, 0.2) is 5.89 Å². The van der Waals surface area contributed by atoms with E-state index in [1.165, 1.54) is 89.9 Å². The molecule has 1 aromatic rings. The Morgan fingerprint density at radius 3 is 1.91 bits per heavy atom. The lowest BCUT2D eigenvalue weighted by atomic mass is 10.1. The number of unbranched alkanes of at least 4 members (excludes halogenated alkanes) is 12. The van der Waals surface area contributed by atoms with Crippen LogP contribution in [-0.4, -0.2) is 4.98 Å². The average Bonchev–Trinajstić information content (AvgIpc) is 3.08. The summed E-state index contributed by atoms with van der Waals surface area (Å²) in [5.74, 6) is 0.889. The van der Waals surface area contributed by atoms with E-state index in [4.69, 9.17) is 4.42 Å². The van der Waals surface area contributed by atoms with Gasteiger partial charge in [-0.15, -0.1) is 0 Å². The molecule has 23 heavy (non-hydrogen) atoms. The van der Waals surface area contributed by atoms with E-state index in [0.29, 0.717) is 0 Å². The Balaban J connectivity index is 1.73. The highest BCUT2D eigenvalue weighted by molar-refractivity contribution is 4.81. The van der Waals surface area contributed by atoms with E-state index >= 15 is 0 Å². The van der Waals surface area contributed by atoms with Crippen molar-refractivity contribution < 1.29 is 4.42 Å². The van der Waals surface area contributed by atoms with Crippen molar-refractivity contribution in [3.63, 3.8) is 0 Å². The first kappa shape index (κ1) is 20.0. The van der Waals surface area contributed by atoms with E-state index in [-0.39, 0.29) is 0 Å². The first-order valence-electron chi connectivity index (χ1n) is 9.97. The van der Waals surface area contributed by atoms with Gasteiger partial charge in [0.2, 0.25) is 0 Å². The summed E-state index contributed by atoms with van der Waals surface area (Å²) in [4.78, 5) is 4.15. The molecular weight excluding hydrogens is 282 g/mol. The Morgan fingerprint density at radius 1 is 0.783 bits per heavy atom. The molecule has 0 radical (unpaired) electrons. The van der Waals surface area contributed by atoms with E-state index in [0.717, 1.165) is 12.3 Å². The number of aryl methyl sites for hydroxylation is 1. The Bertz CT molecular complexity index is 356. The van der Waals surface area contributed by atoms with Crippen LogP contribution in [0, 0.1) is 0 Å². The summed E-state index contributed by atoms with van der Waals surface area (Å²) in [5, 5.41) is 0. The molecule has 0 saturated carbocycles. The summed E-state index contributed by atoms with van der Waals surface area (Å²) in [5.41, 5.74) is 0. The minimum Gasteiger partial charge on any atom is -0.449 e. The van der Waals surface area contributed by atoms with Crippen molar-refractivity contribution in [2.24, 2.45) is 0 Å². The number of nitrogens with zero attached hydrogens (tertiary/aromatic N) is 1. The molecule has 0 N–H and O–H groups in total. The Labute approximate surface area is 143 Å². The van der Waals surface area contributed by atoms with Crippen molar-refractivity contribution in [2.75, 3.05) is 0 Å². The van der Waals surface area contributed by atoms with Gasteiger partial charge in [-0.1, -0.05) is 76.9 Å². The fourth-order valence-corrected chi connectivity index (χ4v) is 2.90. The smallest absolute Gasteiger partial charge is 0.193 e. The molecule has 2 nitrogen and oxygen atoms in total. The fraction of sp³-hybridized carbons (Fsp3) is 0.762. The molecule has 1 rings (SSSR count). The lowest BCUT2D eigenvalue weighted by Gasteiger charge is -2.00. The van der Waals surface area contributed by atoms with Crippen molar-refractivity contribution in [3.8, 4) is 0 Å². The Hall–Kier alpha value is -1.05. The molecule has 0 unspecified atom stereocenters. The van der Waals surface area contributed by atoms with Crippen LogP contribution in [0.4, 0.5) is 0 Å². The quantitative estimate of drug-likeness (QED) is 0.237. The van der Waals surface area contributed by atoms with Crippen LogP contribution in [0.15, 0.2) is 29.0 Å². The topological polar surface area (TPSA) is 26.0 Å². The predicted octanol–water partition coefficient (Wildman–Crippen LogP) is 7.25. The average molecular weight is 320 g/mol. The van der Waals surface area contributed by atoms with Gasteiger partial charge in [0, 0.05) is 6.42 Å². The lowest BCUT2D eigenvalue weighted by molar-refractivity contribution is 0.477. The van der Waals surface area contributed by atoms with Crippen LogP contribution >= 0.6 is 0 Å². The number of oxazole rings is 1. The first-order valence-corrected chi connectivity index (χ1v) is 9.97. The van der Waals surface area contributed by atoms with E-state index in [9.17, 15) is 0 Å². The molecule has 1 heterocycles. The highest BCUT2D eigenvalue weighted by atomic mass is 16.3. The summed E-state index contributed by atoms with van der Waals surface area (Å²) in [6.45, 7) is 2.28. The van der Waals surface area contributed by atoms with Gasteiger partial charge in [-0.25, -0.2) is 4.98 Å². The molecule has 2 heteroatoms. The highest BCUT2D eigenvalue weighted by Crippen LogP contribution is 2.11. The molecule has 0 aliphatic heterocycles. The number of rotatable bonds is 16. The zero-order valence-corrected chi connectivity index (χ0v) is 15.3. The molecule has 0 aliphatic carbocycles. The van der Waals surface area contributed by atoms with Gasteiger partial charge in [-0.05, 0) is 32.1 Å². The number of allylic oxidation sites excluding steroid dienone is 2. The largest absolute Gasteiger partial charge is 0.449 e. The first-order chi connectivity index (χ1) is 11.4. The van der Waals surface area contributed by atoms with Gasteiger partial charge in [-0.2, -0.15) is 0 Å². The van der Waals surface area contributed by atoms with Crippen LogP contribution in [-0.2, 0) is 6.42 Å². The van der Waals surface area contributed by atoms with Gasteiger partial charge >= 0.3 is 0 Å². The molecule has 0 fully saturated rings. The van der Waals surface area contributed by atoms with Gasteiger partial charge < -0.3 is 4.42 Å². The molecule has 1 aromatic heterocycles. The summed E-state index contributed by atoms with van der Waals surface area (Å²) in [6.07, 6.45) is 28.1. The standard InChI is InChI=1S/C21H37NO/c1-2-3-4-5-6-7-8-9-10-11-12-13-14-15-16-17-18-21-22-19-20-23-21/h9-10,19-20H,2-8,11-18H2,1H3/b10-9-. The number of hydrogen-bond donors (Lipinski definition) is 0. The van der Waals surface area contributed by atoms with Gasteiger partial charge in [0.1, 0.15) is 6.26 Å². The summed E-state index contributed by atoms with van der Waals surface area (Å²) >= 11 is 0. The molecule has 0 saturated heterocycles. The van der Waals surface area contributed by atoms with Crippen molar-refractivity contribution in [2.45, 2.75) is 103 Å². The molecular formula is C21H37NO. The second kappa shape index (κ2) is 15.8. The van der Waals surface area contributed by atoms with Crippen LogP contribution in [0.1, 0.15) is 103 Å². The second-order valence-corrected chi connectivity index (χ2v) is 6.61. The van der Waals surface area contributed by atoms with Crippen molar-refractivity contribution in [1.82, 2.24) is 4.98 Å². The maximum absolute atomic E-state index is 5.24. The molecule has 0 bridgehead atoms. The van der Waals surface area contributed by atoms with Crippen LogP contribution in [0.5, 0.6) is 0 Å². The summed E-state index contributed by atoms with van der Waals surface area (Å²) in [7, 11) is 0. The zero-order chi connectivity index (χ0) is 16.4. The molecule has 0 spiro atoms. The molecule has 0 aliphatic rings. The van der Waals surface area contributed by atoms with E-state index in [1.807, 2.05) is 0 Å². The monoisotopic (exact) mass is 319 g/mol. The minimum atomic E-state index is 0.889. The lowest BCUT2D eigenvalue weighted by Crippen LogP contribution is -1.86. The molecule has 132 valence electrons. The minimum absolute atomic E-state index is 0.889. The van der Waals surface area contributed by atoms with Crippen LogP contribution < -0.4 is 0 Å². The third-order valence-corrected chi connectivity index (χ3v) is 4.39. The van der Waals surface area contributed by atoms with Gasteiger partial charge in [0.25, 0.3) is 0 Å². The predicted molar refractivity (Wildman–Crippen MR) is 99.7 cm³/mol. The van der Waals surface area contributed by atoms with Crippen LogP contribution in [0.25, 0.3) is 0 Å².